The summed E-state index contributed by atoms with van der Waals surface area (Å²) in [6, 6.07) is 23.8. The average molecular weight is 404 g/mol. The lowest BCUT2D eigenvalue weighted by atomic mass is 9.98. The Bertz CT molecular complexity index is 969. The first kappa shape index (κ1) is 21.4. The molecule has 0 bridgehead atoms. The highest BCUT2D eigenvalue weighted by Gasteiger charge is 2.18. The summed E-state index contributed by atoms with van der Waals surface area (Å²) in [6.45, 7) is 2.06. The molecule has 0 spiro atoms. The van der Waals surface area contributed by atoms with Gasteiger partial charge >= 0.3 is 0 Å². The standard InChI is InChI=1S/C26H29NO3/c1-4-23(21-16-17-24(29-2)25(18-21)30-3)27-26(28)22-13-9-8-12-20(22)15-14-19-10-6-5-7-11-19/h5-13,16-18,23H,4,14-15H2,1-3H3,(H,27,28)/t23-/m1/s1. The van der Waals surface area contributed by atoms with Crippen LogP contribution in [0.25, 0.3) is 0 Å². The molecule has 4 nitrogen and oxygen atoms in total. The Morgan fingerprint density at radius 2 is 1.57 bits per heavy atom. The molecule has 0 saturated carbocycles. The first-order valence-electron chi connectivity index (χ1n) is 10.3. The van der Waals surface area contributed by atoms with Gasteiger partial charge in [0.25, 0.3) is 5.91 Å². The Labute approximate surface area is 178 Å². The lowest BCUT2D eigenvalue weighted by Gasteiger charge is -2.20. The summed E-state index contributed by atoms with van der Waals surface area (Å²) in [4.78, 5) is 13.1. The number of carbonyl (C=O) groups is 1. The molecule has 1 N–H and O–H groups in total. The van der Waals surface area contributed by atoms with Gasteiger partial charge in [0.15, 0.2) is 11.5 Å². The van der Waals surface area contributed by atoms with Gasteiger partial charge in [-0.1, -0.05) is 61.5 Å². The van der Waals surface area contributed by atoms with Crippen molar-refractivity contribution in [3.05, 3.63) is 95.1 Å². The Balaban J connectivity index is 1.76. The van der Waals surface area contributed by atoms with E-state index in [1.165, 1.54) is 5.56 Å². The summed E-state index contributed by atoms with van der Waals surface area (Å²) in [6.07, 6.45) is 2.49. The topological polar surface area (TPSA) is 47.6 Å². The lowest BCUT2D eigenvalue weighted by Crippen LogP contribution is -2.29. The van der Waals surface area contributed by atoms with Crippen molar-refractivity contribution in [3.63, 3.8) is 0 Å². The van der Waals surface area contributed by atoms with Crippen LogP contribution < -0.4 is 14.8 Å². The van der Waals surface area contributed by atoms with Crippen LogP contribution in [0, 0.1) is 0 Å². The van der Waals surface area contributed by atoms with Crippen LogP contribution in [0.1, 0.15) is 46.4 Å². The molecule has 0 saturated heterocycles. The third-order valence-corrected chi connectivity index (χ3v) is 5.31. The minimum absolute atomic E-state index is 0.0553. The molecule has 0 radical (unpaired) electrons. The molecule has 4 heteroatoms. The molecule has 0 aliphatic heterocycles. The van der Waals surface area contributed by atoms with Gasteiger partial charge in [-0.05, 0) is 54.2 Å². The molecule has 3 aromatic carbocycles. The van der Waals surface area contributed by atoms with E-state index < -0.39 is 0 Å². The van der Waals surface area contributed by atoms with Gasteiger partial charge in [-0.15, -0.1) is 0 Å². The van der Waals surface area contributed by atoms with Gasteiger partial charge in [-0.25, -0.2) is 0 Å². The van der Waals surface area contributed by atoms with Gasteiger partial charge in [-0.3, -0.25) is 4.79 Å². The molecule has 0 aliphatic rings. The zero-order valence-corrected chi connectivity index (χ0v) is 17.9. The van der Waals surface area contributed by atoms with Crippen molar-refractivity contribution in [1.29, 1.82) is 0 Å². The Kier molecular flexibility index (Phi) is 7.50. The first-order chi connectivity index (χ1) is 14.7. The average Bonchev–Trinajstić information content (AvgIpc) is 2.81. The normalized spacial score (nSPS) is 11.6. The molecule has 3 rings (SSSR count). The highest BCUT2D eigenvalue weighted by atomic mass is 16.5. The zero-order valence-electron chi connectivity index (χ0n) is 17.9. The fourth-order valence-electron chi connectivity index (χ4n) is 3.61. The van der Waals surface area contributed by atoms with Crippen molar-refractivity contribution in [2.45, 2.75) is 32.2 Å². The zero-order chi connectivity index (χ0) is 21.3. The van der Waals surface area contributed by atoms with Crippen molar-refractivity contribution in [2.75, 3.05) is 14.2 Å². The van der Waals surface area contributed by atoms with E-state index in [-0.39, 0.29) is 11.9 Å². The van der Waals surface area contributed by atoms with Gasteiger partial charge in [0.2, 0.25) is 0 Å². The van der Waals surface area contributed by atoms with Crippen molar-refractivity contribution >= 4 is 5.91 Å². The minimum Gasteiger partial charge on any atom is -0.493 e. The fourth-order valence-corrected chi connectivity index (χ4v) is 3.61. The lowest BCUT2D eigenvalue weighted by molar-refractivity contribution is 0.0934. The number of hydrogen-bond donors (Lipinski definition) is 1. The summed E-state index contributed by atoms with van der Waals surface area (Å²) in [5.74, 6) is 1.28. The van der Waals surface area contributed by atoms with E-state index in [9.17, 15) is 4.79 Å². The number of hydrogen-bond acceptors (Lipinski definition) is 3. The number of rotatable bonds is 9. The Hall–Kier alpha value is -3.27. The van der Waals surface area contributed by atoms with Crippen LogP contribution in [-0.2, 0) is 12.8 Å². The summed E-state index contributed by atoms with van der Waals surface area (Å²) in [5.41, 5.74) is 4.04. The second-order valence-corrected chi connectivity index (χ2v) is 7.19. The number of carbonyl (C=O) groups excluding carboxylic acids is 1. The molecular weight excluding hydrogens is 374 g/mol. The van der Waals surface area contributed by atoms with Crippen LogP contribution in [0.5, 0.6) is 11.5 Å². The van der Waals surface area contributed by atoms with Crippen LogP contribution in [-0.4, -0.2) is 20.1 Å². The van der Waals surface area contributed by atoms with Gasteiger partial charge in [-0.2, -0.15) is 0 Å². The SMILES string of the molecule is CC[C@@H](NC(=O)c1ccccc1CCc1ccccc1)c1ccc(OC)c(OC)c1. The van der Waals surface area contributed by atoms with E-state index in [1.807, 2.05) is 60.7 Å². The quantitative estimate of drug-likeness (QED) is 0.522. The molecule has 0 fully saturated rings. The van der Waals surface area contributed by atoms with E-state index in [1.54, 1.807) is 14.2 Å². The monoisotopic (exact) mass is 403 g/mol. The molecule has 3 aromatic rings. The number of amides is 1. The maximum absolute atomic E-state index is 13.1. The van der Waals surface area contributed by atoms with Crippen molar-refractivity contribution in [1.82, 2.24) is 5.32 Å². The molecular formula is C26H29NO3. The Morgan fingerprint density at radius 1 is 0.867 bits per heavy atom. The second-order valence-electron chi connectivity index (χ2n) is 7.19. The largest absolute Gasteiger partial charge is 0.493 e. The predicted molar refractivity (Wildman–Crippen MR) is 120 cm³/mol. The van der Waals surface area contributed by atoms with Crippen LogP contribution in [0.4, 0.5) is 0 Å². The van der Waals surface area contributed by atoms with E-state index in [0.29, 0.717) is 11.5 Å². The number of benzene rings is 3. The highest BCUT2D eigenvalue weighted by Crippen LogP contribution is 2.31. The van der Waals surface area contributed by atoms with E-state index in [4.69, 9.17) is 9.47 Å². The summed E-state index contributed by atoms with van der Waals surface area (Å²) in [7, 11) is 3.23. The van der Waals surface area contributed by atoms with Gasteiger partial charge in [0.1, 0.15) is 0 Å². The fraction of sp³-hybridized carbons (Fsp3) is 0.269. The maximum atomic E-state index is 13.1. The number of ether oxygens (including phenoxy) is 2. The smallest absolute Gasteiger partial charge is 0.252 e. The summed E-state index contributed by atoms with van der Waals surface area (Å²) < 4.78 is 10.7. The van der Waals surface area contributed by atoms with E-state index >= 15 is 0 Å². The van der Waals surface area contributed by atoms with Gasteiger partial charge in [0.05, 0.1) is 20.3 Å². The summed E-state index contributed by atoms with van der Waals surface area (Å²) in [5, 5.41) is 3.19. The number of methoxy groups -OCH3 is 2. The third-order valence-electron chi connectivity index (χ3n) is 5.31. The molecule has 1 atom stereocenters. The second kappa shape index (κ2) is 10.5. The Morgan fingerprint density at radius 3 is 2.27 bits per heavy atom. The predicted octanol–water partition coefficient (Wildman–Crippen LogP) is 5.37. The van der Waals surface area contributed by atoms with Crippen LogP contribution >= 0.6 is 0 Å². The van der Waals surface area contributed by atoms with Gasteiger partial charge in [0, 0.05) is 5.56 Å². The molecule has 0 aromatic heterocycles. The first-order valence-corrected chi connectivity index (χ1v) is 10.3. The number of nitrogens with one attached hydrogen (secondary N) is 1. The summed E-state index contributed by atoms with van der Waals surface area (Å²) >= 11 is 0. The van der Waals surface area contributed by atoms with Crippen molar-refractivity contribution < 1.29 is 14.3 Å². The molecule has 0 unspecified atom stereocenters. The number of aryl methyl sites for hydroxylation is 2. The highest BCUT2D eigenvalue weighted by molar-refractivity contribution is 5.96. The van der Waals surface area contributed by atoms with E-state index in [0.717, 1.165) is 36.0 Å². The van der Waals surface area contributed by atoms with Crippen LogP contribution in [0.3, 0.4) is 0 Å². The molecule has 0 heterocycles. The van der Waals surface area contributed by atoms with Crippen molar-refractivity contribution in [3.8, 4) is 11.5 Å². The maximum Gasteiger partial charge on any atom is 0.252 e. The van der Waals surface area contributed by atoms with Gasteiger partial charge < -0.3 is 14.8 Å². The van der Waals surface area contributed by atoms with Crippen LogP contribution in [0.2, 0.25) is 0 Å². The molecule has 0 aliphatic carbocycles. The van der Waals surface area contributed by atoms with Crippen molar-refractivity contribution in [2.24, 2.45) is 0 Å². The van der Waals surface area contributed by atoms with Crippen LogP contribution in [0.15, 0.2) is 72.8 Å². The third kappa shape index (κ3) is 5.20. The molecule has 30 heavy (non-hydrogen) atoms. The molecule has 156 valence electrons. The molecule has 1 amide bonds. The van der Waals surface area contributed by atoms with E-state index in [2.05, 4.69) is 24.4 Å². The minimum atomic E-state index is -0.112.